The number of nitro benzene ring substituents is 1. The van der Waals surface area contributed by atoms with Gasteiger partial charge in [0.2, 0.25) is 0 Å². The van der Waals surface area contributed by atoms with Crippen LogP contribution in [0.15, 0.2) is 60.7 Å². The summed E-state index contributed by atoms with van der Waals surface area (Å²) in [6.45, 7) is 0. The molecule has 1 aliphatic carbocycles. The van der Waals surface area contributed by atoms with Gasteiger partial charge in [-0.15, -0.1) is 0 Å². The fourth-order valence-corrected chi connectivity index (χ4v) is 4.30. The van der Waals surface area contributed by atoms with Crippen molar-refractivity contribution in [2.45, 2.75) is 24.9 Å². The van der Waals surface area contributed by atoms with Crippen molar-refractivity contribution in [2.24, 2.45) is 0 Å². The molecule has 1 heterocycles. The van der Waals surface area contributed by atoms with Gasteiger partial charge in [0.25, 0.3) is 5.69 Å². The van der Waals surface area contributed by atoms with E-state index in [1.54, 1.807) is 12.1 Å². The summed E-state index contributed by atoms with van der Waals surface area (Å²) in [5, 5.41) is 11.1. The smallest absolute Gasteiger partial charge is 0.431 e. The highest BCUT2D eigenvalue weighted by Crippen LogP contribution is 2.46. The van der Waals surface area contributed by atoms with Crippen LogP contribution in [0, 0.1) is 27.6 Å². The Kier molecular flexibility index (Phi) is 5.64. The highest BCUT2D eigenvalue weighted by atomic mass is 19.1. The quantitative estimate of drug-likeness (QED) is 0.149. The van der Waals surface area contributed by atoms with Gasteiger partial charge in [-0.25, -0.2) is 18.0 Å². The Hall–Kier alpha value is -4.34. The van der Waals surface area contributed by atoms with E-state index in [1.807, 2.05) is 0 Å². The predicted molar refractivity (Wildman–Crippen MR) is 120 cm³/mol. The molecule has 3 aromatic carbocycles. The van der Waals surface area contributed by atoms with E-state index in [-0.39, 0.29) is 22.9 Å². The lowest BCUT2D eigenvalue weighted by Gasteiger charge is -2.35. The van der Waals surface area contributed by atoms with Crippen molar-refractivity contribution in [3.05, 3.63) is 93.8 Å². The summed E-state index contributed by atoms with van der Waals surface area (Å²) in [5.74, 6) is -1.97. The summed E-state index contributed by atoms with van der Waals surface area (Å²) in [5.41, 5.74) is 1.81. The molecule has 178 valence electrons. The van der Waals surface area contributed by atoms with Gasteiger partial charge in [-0.2, -0.15) is 0 Å². The first-order valence-electron chi connectivity index (χ1n) is 10.7. The fraction of sp³-hybridized carbons (Fsp3) is 0.160. The summed E-state index contributed by atoms with van der Waals surface area (Å²) in [4.78, 5) is 25.3. The number of halogens is 3. The first kappa shape index (κ1) is 22.5. The second-order valence-corrected chi connectivity index (χ2v) is 8.24. The van der Waals surface area contributed by atoms with Gasteiger partial charge in [0.05, 0.1) is 16.1 Å². The lowest BCUT2D eigenvalue weighted by atomic mass is 9.75. The Morgan fingerprint density at radius 1 is 0.971 bits per heavy atom. The molecular weight excluding hydrogens is 465 g/mol. The minimum atomic E-state index is -0.961. The van der Waals surface area contributed by atoms with Crippen molar-refractivity contribution in [1.82, 2.24) is 4.98 Å². The van der Waals surface area contributed by atoms with Gasteiger partial charge in [0.1, 0.15) is 29.3 Å². The van der Waals surface area contributed by atoms with Crippen molar-refractivity contribution in [2.75, 3.05) is 0 Å². The highest BCUT2D eigenvalue weighted by Gasteiger charge is 2.37. The standard InChI is InChI=1S/C25H17F3N2O5/c26-15-3-1-13(2-4-15)23-22(20-11-16(27)12-21(28)24(20)29-23)14-9-19(10-14)35-25(31)34-18-7-5-17(6-8-18)30(32)33/h1-8,11-12,14,19,29H,9-10H2. The zero-order valence-corrected chi connectivity index (χ0v) is 18.0. The van der Waals surface area contributed by atoms with Gasteiger partial charge in [0.15, 0.2) is 0 Å². The zero-order valence-electron chi connectivity index (χ0n) is 18.0. The highest BCUT2D eigenvalue weighted by molar-refractivity contribution is 5.92. The molecule has 0 atom stereocenters. The molecule has 1 N–H and O–H groups in total. The Bertz CT molecular complexity index is 1430. The van der Waals surface area contributed by atoms with Crippen molar-refractivity contribution in [1.29, 1.82) is 0 Å². The number of rotatable bonds is 5. The molecule has 0 radical (unpaired) electrons. The number of fused-ring (bicyclic) bond motifs is 1. The van der Waals surface area contributed by atoms with Gasteiger partial charge in [-0.1, -0.05) is 0 Å². The van der Waals surface area contributed by atoms with Gasteiger partial charge >= 0.3 is 6.16 Å². The first-order valence-corrected chi connectivity index (χ1v) is 10.7. The van der Waals surface area contributed by atoms with E-state index in [1.165, 1.54) is 42.5 Å². The number of H-pyrrole nitrogens is 1. The Morgan fingerprint density at radius 2 is 1.66 bits per heavy atom. The molecule has 0 aliphatic heterocycles. The van der Waals surface area contributed by atoms with E-state index in [2.05, 4.69) is 4.98 Å². The Labute approximate surface area is 196 Å². The molecule has 5 rings (SSSR count). The maximum atomic E-state index is 14.5. The number of hydrogen-bond donors (Lipinski definition) is 1. The van der Waals surface area contributed by atoms with Crippen LogP contribution in [0.5, 0.6) is 5.75 Å². The molecule has 0 bridgehead atoms. The summed E-state index contributed by atoms with van der Waals surface area (Å²) in [6.07, 6.45) is -0.685. The second-order valence-electron chi connectivity index (χ2n) is 8.24. The van der Waals surface area contributed by atoms with Gasteiger partial charge in [-0.3, -0.25) is 10.1 Å². The SMILES string of the molecule is O=C(Oc1ccc([N+](=O)[O-])cc1)OC1CC(c2c(-c3ccc(F)cc3)[nH]c3c(F)cc(F)cc23)C1. The van der Waals surface area contributed by atoms with Crippen LogP contribution in [0.25, 0.3) is 22.2 Å². The van der Waals surface area contributed by atoms with E-state index in [0.29, 0.717) is 35.0 Å². The maximum Gasteiger partial charge on any atom is 0.514 e. The molecule has 1 fully saturated rings. The van der Waals surface area contributed by atoms with Crippen LogP contribution in [0.4, 0.5) is 23.7 Å². The van der Waals surface area contributed by atoms with Crippen LogP contribution in [-0.2, 0) is 4.74 Å². The molecule has 0 unspecified atom stereocenters. The number of nitro groups is 1. The van der Waals surface area contributed by atoms with Crippen LogP contribution < -0.4 is 4.74 Å². The van der Waals surface area contributed by atoms with Crippen LogP contribution in [0.2, 0.25) is 0 Å². The average molecular weight is 482 g/mol. The molecule has 1 aliphatic rings. The number of ether oxygens (including phenoxy) is 2. The number of aromatic amines is 1. The summed E-state index contributed by atoms with van der Waals surface area (Å²) >= 11 is 0. The number of nitrogens with one attached hydrogen (secondary N) is 1. The molecule has 0 amide bonds. The van der Waals surface area contributed by atoms with Gasteiger partial charge in [0, 0.05) is 23.6 Å². The number of non-ortho nitro benzene ring substituents is 1. The van der Waals surface area contributed by atoms with Crippen LogP contribution >= 0.6 is 0 Å². The molecule has 7 nitrogen and oxygen atoms in total. The number of hydrogen-bond acceptors (Lipinski definition) is 5. The second kappa shape index (κ2) is 8.79. The van der Waals surface area contributed by atoms with E-state index in [9.17, 15) is 28.1 Å². The predicted octanol–water partition coefficient (Wildman–Crippen LogP) is 6.62. The van der Waals surface area contributed by atoms with E-state index in [4.69, 9.17) is 9.47 Å². The maximum absolute atomic E-state index is 14.5. The monoisotopic (exact) mass is 482 g/mol. The molecule has 10 heteroatoms. The minimum Gasteiger partial charge on any atom is -0.431 e. The third-order valence-electron chi connectivity index (χ3n) is 6.01. The molecule has 0 saturated heterocycles. The summed E-state index contributed by atoms with van der Waals surface area (Å²) in [6, 6.07) is 12.7. The Morgan fingerprint density at radius 3 is 2.31 bits per heavy atom. The van der Waals surface area contributed by atoms with Crippen molar-refractivity contribution in [3.8, 4) is 17.0 Å². The van der Waals surface area contributed by atoms with E-state index >= 15 is 0 Å². The first-order chi connectivity index (χ1) is 16.8. The number of nitrogens with zero attached hydrogens (tertiary/aromatic N) is 1. The molecule has 1 aromatic heterocycles. The average Bonchev–Trinajstić information content (AvgIpc) is 3.16. The normalized spacial score (nSPS) is 17.1. The van der Waals surface area contributed by atoms with Gasteiger partial charge < -0.3 is 14.5 Å². The molecule has 35 heavy (non-hydrogen) atoms. The Balaban J connectivity index is 1.33. The summed E-state index contributed by atoms with van der Waals surface area (Å²) in [7, 11) is 0. The van der Waals surface area contributed by atoms with Crippen molar-refractivity contribution < 1.29 is 32.4 Å². The largest absolute Gasteiger partial charge is 0.514 e. The topological polar surface area (TPSA) is 94.5 Å². The zero-order chi connectivity index (χ0) is 24.7. The van der Waals surface area contributed by atoms with Crippen LogP contribution in [0.3, 0.4) is 0 Å². The number of benzene rings is 3. The number of carbonyl (C=O) groups is 1. The van der Waals surface area contributed by atoms with Crippen molar-refractivity contribution in [3.63, 3.8) is 0 Å². The minimum absolute atomic E-state index is 0.0950. The molecule has 1 saturated carbocycles. The van der Waals surface area contributed by atoms with E-state index in [0.717, 1.165) is 6.07 Å². The van der Waals surface area contributed by atoms with Gasteiger partial charge in [-0.05, 0) is 72.4 Å². The molecule has 0 spiro atoms. The van der Waals surface area contributed by atoms with Crippen molar-refractivity contribution >= 4 is 22.7 Å². The third-order valence-corrected chi connectivity index (χ3v) is 6.01. The number of aromatic nitrogens is 1. The lowest BCUT2D eigenvalue weighted by Crippen LogP contribution is -2.33. The molecular formula is C25H17F3N2O5. The lowest BCUT2D eigenvalue weighted by molar-refractivity contribution is -0.384. The summed E-state index contributed by atoms with van der Waals surface area (Å²) < 4.78 is 52.3. The van der Waals surface area contributed by atoms with Crippen LogP contribution in [0.1, 0.15) is 24.3 Å². The van der Waals surface area contributed by atoms with Crippen LogP contribution in [-0.4, -0.2) is 22.2 Å². The molecule has 4 aromatic rings. The number of carbonyl (C=O) groups excluding carboxylic acids is 1. The van der Waals surface area contributed by atoms with E-state index < -0.39 is 34.6 Å². The third kappa shape index (κ3) is 4.42. The fourth-order valence-electron chi connectivity index (χ4n) is 4.30.